The van der Waals surface area contributed by atoms with Crippen LogP contribution < -0.4 is 10.6 Å². The van der Waals surface area contributed by atoms with Crippen LogP contribution in [0.4, 0.5) is 0 Å². The summed E-state index contributed by atoms with van der Waals surface area (Å²) in [5.41, 5.74) is -0.0794. The fraction of sp³-hybridized carbons (Fsp3) is 0.421. The third-order valence-electron chi connectivity index (χ3n) is 4.55. The van der Waals surface area contributed by atoms with Crippen molar-refractivity contribution in [2.24, 2.45) is 12.0 Å². The van der Waals surface area contributed by atoms with E-state index in [9.17, 15) is 5.11 Å². The van der Waals surface area contributed by atoms with Gasteiger partial charge in [-0.3, -0.25) is 0 Å². The molecule has 3 rings (SSSR count). The number of hydrogen-bond acceptors (Lipinski definition) is 6. The number of aryl methyl sites for hydroxylation is 1. The van der Waals surface area contributed by atoms with Crippen molar-refractivity contribution >= 4 is 28.6 Å². The Morgan fingerprint density at radius 2 is 2.14 bits per heavy atom. The molecule has 3 aromatic heterocycles. The standard InChI is InChI=1S/C19H26N6OS2/c1-14-23-24-17(25(14)3)11-21-18(20-8-6-16-5-4-9-28-16)22-13-19(2,26)15-7-10-27-12-15/h4-5,7,9-10,12,26H,6,8,11,13H2,1-3H3,(H2,20,21,22). The topological polar surface area (TPSA) is 87.4 Å². The van der Waals surface area contributed by atoms with E-state index in [1.165, 1.54) is 4.88 Å². The molecule has 0 saturated heterocycles. The van der Waals surface area contributed by atoms with Crippen LogP contribution in [0.15, 0.2) is 39.3 Å². The van der Waals surface area contributed by atoms with Crippen LogP contribution in [0.5, 0.6) is 0 Å². The van der Waals surface area contributed by atoms with Gasteiger partial charge in [0.05, 0.1) is 6.54 Å². The Kier molecular flexibility index (Phi) is 6.82. The number of aliphatic hydroxyl groups is 1. The monoisotopic (exact) mass is 418 g/mol. The minimum absolute atomic E-state index is 0.354. The maximum Gasteiger partial charge on any atom is 0.191 e. The molecule has 0 bridgehead atoms. The van der Waals surface area contributed by atoms with E-state index in [0.717, 1.165) is 30.2 Å². The minimum atomic E-state index is -0.975. The lowest BCUT2D eigenvalue weighted by Gasteiger charge is -2.24. The molecule has 0 radical (unpaired) electrons. The van der Waals surface area contributed by atoms with Crippen LogP contribution in [0.2, 0.25) is 0 Å². The van der Waals surface area contributed by atoms with Gasteiger partial charge in [-0.1, -0.05) is 6.07 Å². The normalized spacial score (nSPS) is 14.1. The molecular formula is C19H26N6OS2. The van der Waals surface area contributed by atoms with E-state index >= 15 is 0 Å². The lowest BCUT2D eigenvalue weighted by molar-refractivity contribution is 0.0621. The molecule has 9 heteroatoms. The largest absolute Gasteiger partial charge is 0.384 e. The fourth-order valence-corrected chi connectivity index (χ4v) is 4.09. The Labute approximate surface area is 173 Å². The molecule has 3 N–H and O–H groups in total. The number of nitrogens with one attached hydrogen (secondary N) is 2. The Bertz CT molecular complexity index is 884. The number of aromatic nitrogens is 3. The number of aliphatic imine (C=N–C) groups is 1. The first kappa shape index (κ1) is 20.5. The molecule has 1 atom stereocenters. The number of nitrogens with zero attached hydrogens (tertiary/aromatic N) is 4. The number of guanidine groups is 1. The van der Waals surface area contributed by atoms with E-state index < -0.39 is 5.60 Å². The van der Waals surface area contributed by atoms with Gasteiger partial charge in [-0.2, -0.15) is 11.3 Å². The third-order valence-corrected chi connectivity index (χ3v) is 6.17. The molecule has 3 heterocycles. The highest BCUT2D eigenvalue weighted by Crippen LogP contribution is 2.21. The molecule has 3 aromatic rings. The van der Waals surface area contributed by atoms with Gasteiger partial charge in [0.2, 0.25) is 0 Å². The molecule has 0 aliphatic carbocycles. The van der Waals surface area contributed by atoms with Crippen molar-refractivity contribution < 1.29 is 5.11 Å². The molecule has 0 fully saturated rings. The molecule has 0 amide bonds. The summed E-state index contributed by atoms with van der Waals surface area (Å²) < 4.78 is 1.92. The number of rotatable bonds is 8. The van der Waals surface area contributed by atoms with Crippen LogP contribution in [-0.2, 0) is 25.6 Å². The predicted molar refractivity (Wildman–Crippen MR) is 115 cm³/mol. The van der Waals surface area contributed by atoms with E-state index in [2.05, 4.69) is 43.3 Å². The van der Waals surface area contributed by atoms with Crippen LogP contribution in [0.1, 0.15) is 29.0 Å². The molecule has 0 spiro atoms. The van der Waals surface area contributed by atoms with E-state index in [4.69, 9.17) is 0 Å². The summed E-state index contributed by atoms with van der Waals surface area (Å²) in [6, 6.07) is 6.12. The highest BCUT2D eigenvalue weighted by atomic mass is 32.1. The molecule has 28 heavy (non-hydrogen) atoms. The van der Waals surface area contributed by atoms with Gasteiger partial charge in [0.15, 0.2) is 11.8 Å². The molecule has 0 aliphatic rings. The van der Waals surface area contributed by atoms with Gasteiger partial charge in [-0.05, 0) is 54.1 Å². The van der Waals surface area contributed by atoms with Crippen molar-refractivity contribution in [1.82, 2.24) is 25.4 Å². The maximum absolute atomic E-state index is 10.8. The maximum atomic E-state index is 10.8. The van der Waals surface area contributed by atoms with Gasteiger partial charge in [0.25, 0.3) is 0 Å². The van der Waals surface area contributed by atoms with Crippen molar-refractivity contribution in [2.45, 2.75) is 32.4 Å². The summed E-state index contributed by atoms with van der Waals surface area (Å²) in [5.74, 6) is 2.29. The number of thiophene rings is 2. The Hall–Kier alpha value is -2.23. The summed E-state index contributed by atoms with van der Waals surface area (Å²) in [7, 11) is 1.93. The van der Waals surface area contributed by atoms with Gasteiger partial charge in [-0.15, -0.1) is 21.5 Å². The van der Waals surface area contributed by atoms with Gasteiger partial charge >= 0.3 is 0 Å². The summed E-state index contributed by atoms with van der Waals surface area (Å²) in [5, 5.41) is 31.6. The Balaban J connectivity index is 1.64. The fourth-order valence-electron chi connectivity index (χ4n) is 2.60. The SMILES string of the molecule is Cc1nnc(CN=C(NCCc2cccs2)NCC(C)(O)c2ccsc2)n1C. The zero-order valence-electron chi connectivity index (χ0n) is 16.3. The molecule has 150 valence electrons. The van der Waals surface area contributed by atoms with Crippen LogP contribution in [0, 0.1) is 6.92 Å². The van der Waals surface area contributed by atoms with Gasteiger partial charge < -0.3 is 20.3 Å². The first-order valence-electron chi connectivity index (χ1n) is 9.10. The Morgan fingerprint density at radius 1 is 1.29 bits per heavy atom. The zero-order chi connectivity index (χ0) is 20.0. The number of hydrogen-bond donors (Lipinski definition) is 3. The summed E-state index contributed by atoms with van der Waals surface area (Å²) in [6.45, 7) is 5.23. The predicted octanol–water partition coefficient (Wildman–Crippen LogP) is 2.43. The van der Waals surface area contributed by atoms with E-state index in [1.807, 2.05) is 35.4 Å². The first-order valence-corrected chi connectivity index (χ1v) is 10.9. The second-order valence-electron chi connectivity index (χ2n) is 6.78. The lowest BCUT2D eigenvalue weighted by Crippen LogP contribution is -2.45. The molecule has 0 aromatic carbocycles. The second-order valence-corrected chi connectivity index (χ2v) is 8.60. The van der Waals surface area contributed by atoms with Crippen LogP contribution >= 0.6 is 22.7 Å². The third kappa shape index (κ3) is 5.40. The lowest BCUT2D eigenvalue weighted by atomic mass is 9.99. The smallest absolute Gasteiger partial charge is 0.191 e. The minimum Gasteiger partial charge on any atom is -0.384 e. The summed E-state index contributed by atoms with van der Waals surface area (Å²) in [6.07, 6.45) is 0.919. The molecular weight excluding hydrogens is 392 g/mol. The summed E-state index contributed by atoms with van der Waals surface area (Å²) in [4.78, 5) is 5.96. The van der Waals surface area contributed by atoms with Crippen molar-refractivity contribution in [3.05, 3.63) is 56.4 Å². The first-order chi connectivity index (χ1) is 13.5. The van der Waals surface area contributed by atoms with Gasteiger partial charge in [0.1, 0.15) is 18.0 Å². The molecule has 1 unspecified atom stereocenters. The average Bonchev–Trinajstić information content (AvgIpc) is 3.42. The van der Waals surface area contributed by atoms with E-state index in [-0.39, 0.29) is 0 Å². The molecule has 0 saturated carbocycles. The van der Waals surface area contributed by atoms with Crippen molar-refractivity contribution in [3.63, 3.8) is 0 Å². The van der Waals surface area contributed by atoms with Gasteiger partial charge in [-0.25, -0.2) is 4.99 Å². The van der Waals surface area contributed by atoms with Crippen molar-refractivity contribution in [1.29, 1.82) is 0 Å². The van der Waals surface area contributed by atoms with Crippen molar-refractivity contribution in [3.8, 4) is 0 Å². The zero-order valence-corrected chi connectivity index (χ0v) is 18.0. The second kappa shape index (κ2) is 9.31. The average molecular weight is 419 g/mol. The van der Waals surface area contributed by atoms with Crippen molar-refractivity contribution in [2.75, 3.05) is 13.1 Å². The highest BCUT2D eigenvalue weighted by molar-refractivity contribution is 7.09. The van der Waals surface area contributed by atoms with E-state index in [1.54, 1.807) is 29.6 Å². The molecule has 0 aliphatic heterocycles. The van der Waals surface area contributed by atoms with Gasteiger partial charge in [0, 0.05) is 18.5 Å². The Morgan fingerprint density at radius 3 is 2.79 bits per heavy atom. The summed E-state index contributed by atoms with van der Waals surface area (Å²) >= 11 is 3.32. The van der Waals surface area contributed by atoms with Crippen LogP contribution in [0.3, 0.4) is 0 Å². The van der Waals surface area contributed by atoms with Crippen LogP contribution in [0.25, 0.3) is 0 Å². The quantitative estimate of drug-likeness (QED) is 0.386. The highest BCUT2D eigenvalue weighted by Gasteiger charge is 2.23. The van der Waals surface area contributed by atoms with Crippen LogP contribution in [-0.4, -0.2) is 38.9 Å². The molecule has 7 nitrogen and oxygen atoms in total. The van der Waals surface area contributed by atoms with E-state index in [0.29, 0.717) is 19.0 Å².